The van der Waals surface area contributed by atoms with Crippen LogP contribution in [0.25, 0.3) is 5.57 Å². The smallest absolute Gasteiger partial charge is 0.358 e. The summed E-state index contributed by atoms with van der Waals surface area (Å²) in [5, 5.41) is 0. The molecule has 2 aliphatic rings. The number of halogens is 1. The topological polar surface area (TPSA) is 70.5 Å². The summed E-state index contributed by atoms with van der Waals surface area (Å²) < 4.78 is 30.8. The molecule has 4 rings (SSSR count). The second kappa shape index (κ2) is 8.92. The number of carbonyl (C=O) groups excluding carboxylic acids is 1. The molecule has 1 aromatic heterocycles. The third kappa shape index (κ3) is 4.36. The third-order valence-corrected chi connectivity index (χ3v) is 5.33. The van der Waals surface area contributed by atoms with Crippen molar-refractivity contribution in [1.82, 2.24) is 9.97 Å². The van der Waals surface area contributed by atoms with Gasteiger partial charge in [-0.05, 0) is 43.9 Å². The number of esters is 1. The summed E-state index contributed by atoms with van der Waals surface area (Å²) in [4.78, 5) is 21.4. The first-order valence-electron chi connectivity index (χ1n) is 10.3. The van der Waals surface area contributed by atoms with E-state index in [-0.39, 0.29) is 17.9 Å². The highest BCUT2D eigenvalue weighted by Gasteiger charge is 2.28. The van der Waals surface area contributed by atoms with Crippen LogP contribution in [0.4, 0.5) is 4.39 Å². The molecule has 0 saturated heterocycles. The van der Waals surface area contributed by atoms with E-state index < -0.39 is 5.97 Å². The molecular weight excluding hydrogens is 387 g/mol. The Hall–Kier alpha value is -2.80. The van der Waals surface area contributed by atoms with Gasteiger partial charge in [0.05, 0.1) is 38.3 Å². The van der Waals surface area contributed by atoms with Gasteiger partial charge in [0.15, 0.2) is 5.69 Å². The van der Waals surface area contributed by atoms with Crippen molar-refractivity contribution < 1.29 is 23.4 Å². The Balaban J connectivity index is 1.76. The lowest BCUT2D eigenvalue weighted by Crippen LogP contribution is -2.14. The predicted molar refractivity (Wildman–Crippen MR) is 109 cm³/mol. The number of nitrogens with zero attached hydrogens (tertiary/aromatic N) is 2. The van der Waals surface area contributed by atoms with Gasteiger partial charge in [-0.25, -0.2) is 14.2 Å². The van der Waals surface area contributed by atoms with Gasteiger partial charge in [-0.15, -0.1) is 0 Å². The van der Waals surface area contributed by atoms with Crippen molar-refractivity contribution in [2.75, 3.05) is 26.9 Å². The third-order valence-electron chi connectivity index (χ3n) is 5.33. The number of ether oxygens (including phenoxy) is 3. The van der Waals surface area contributed by atoms with Crippen molar-refractivity contribution in [3.63, 3.8) is 0 Å². The second-order valence-electron chi connectivity index (χ2n) is 7.46. The second-order valence-corrected chi connectivity index (χ2v) is 7.46. The summed E-state index contributed by atoms with van der Waals surface area (Å²) in [6.07, 6.45) is 6.67. The van der Waals surface area contributed by atoms with Crippen molar-refractivity contribution in [3.8, 4) is 5.75 Å². The van der Waals surface area contributed by atoms with Gasteiger partial charge in [0.2, 0.25) is 0 Å². The average molecular weight is 412 g/mol. The molecule has 1 aliphatic carbocycles. The molecule has 2 heterocycles. The Morgan fingerprint density at radius 1 is 1.33 bits per heavy atom. The Morgan fingerprint density at radius 2 is 2.17 bits per heavy atom. The maximum atomic E-state index is 14.6. The van der Waals surface area contributed by atoms with Crippen LogP contribution >= 0.6 is 0 Å². The summed E-state index contributed by atoms with van der Waals surface area (Å²) in [5.41, 5.74) is 3.77. The van der Waals surface area contributed by atoms with E-state index in [1.807, 2.05) is 13.0 Å². The first-order valence-corrected chi connectivity index (χ1v) is 10.3. The Labute approximate surface area is 175 Å². The normalized spacial score (nSPS) is 16.2. The molecule has 158 valence electrons. The van der Waals surface area contributed by atoms with Crippen LogP contribution in [-0.4, -0.2) is 42.9 Å². The van der Waals surface area contributed by atoms with E-state index in [9.17, 15) is 9.18 Å². The predicted octanol–water partition coefficient (Wildman–Crippen LogP) is 4.07. The highest BCUT2D eigenvalue weighted by atomic mass is 19.1. The molecule has 1 aromatic carbocycles. The largest absolute Gasteiger partial charge is 0.493 e. The number of aromatic nitrogens is 2. The van der Waals surface area contributed by atoms with Crippen LogP contribution in [-0.2, 0) is 15.9 Å². The fourth-order valence-electron chi connectivity index (χ4n) is 3.68. The maximum Gasteiger partial charge on any atom is 0.358 e. The van der Waals surface area contributed by atoms with Gasteiger partial charge >= 0.3 is 5.97 Å². The first kappa shape index (κ1) is 20.5. The van der Waals surface area contributed by atoms with E-state index in [1.165, 1.54) is 19.2 Å². The van der Waals surface area contributed by atoms with E-state index in [1.54, 1.807) is 6.20 Å². The van der Waals surface area contributed by atoms with Gasteiger partial charge in [-0.1, -0.05) is 6.08 Å². The lowest BCUT2D eigenvalue weighted by molar-refractivity contribution is 0.0591. The van der Waals surface area contributed by atoms with Crippen LogP contribution in [0, 0.1) is 5.82 Å². The van der Waals surface area contributed by atoms with Gasteiger partial charge in [0.1, 0.15) is 11.6 Å². The summed E-state index contributed by atoms with van der Waals surface area (Å²) in [6, 6.07) is 2.93. The minimum absolute atomic E-state index is 0.181. The Bertz CT molecular complexity index is 985. The zero-order valence-corrected chi connectivity index (χ0v) is 17.2. The molecule has 0 unspecified atom stereocenters. The number of hydrogen-bond acceptors (Lipinski definition) is 6. The molecule has 1 fully saturated rings. The highest BCUT2D eigenvalue weighted by molar-refractivity contribution is 5.88. The van der Waals surface area contributed by atoms with Crippen molar-refractivity contribution in [1.29, 1.82) is 0 Å². The molecule has 0 atom stereocenters. The van der Waals surface area contributed by atoms with Crippen LogP contribution in [0.2, 0.25) is 0 Å². The molecule has 1 aliphatic heterocycles. The van der Waals surface area contributed by atoms with Crippen molar-refractivity contribution in [2.45, 2.75) is 38.5 Å². The molecule has 0 bridgehead atoms. The summed E-state index contributed by atoms with van der Waals surface area (Å²) in [5.74, 6) is 0.0610. The number of benzene rings is 1. The zero-order chi connectivity index (χ0) is 21.1. The number of carbonyl (C=O) groups is 1. The standard InChI is InChI=1S/C23H25FN2O4/c1-3-30-22-16(10-17(24)12-18(22)14-6-8-29-9-7-14)11-19-21(23(27)28-2)26-20(13-25-19)15-4-5-15/h6,10,12-13,15H,3-5,7-9,11H2,1-2H3. The molecule has 0 amide bonds. The molecule has 7 heteroatoms. The molecule has 1 saturated carbocycles. The fourth-order valence-corrected chi connectivity index (χ4v) is 3.68. The SMILES string of the molecule is CCOc1c(Cc2ncc(C3CC3)nc2C(=O)OC)cc(F)cc1C1=CCOCC1. The average Bonchev–Trinajstić information content (AvgIpc) is 3.61. The quantitative estimate of drug-likeness (QED) is 0.639. The minimum Gasteiger partial charge on any atom is -0.493 e. The minimum atomic E-state index is -0.540. The van der Waals surface area contributed by atoms with Crippen molar-refractivity contribution >= 4 is 11.5 Å². The number of rotatable bonds is 7. The van der Waals surface area contributed by atoms with E-state index in [2.05, 4.69) is 9.97 Å². The monoisotopic (exact) mass is 412 g/mol. The lowest BCUT2D eigenvalue weighted by atomic mass is 9.95. The summed E-state index contributed by atoms with van der Waals surface area (Å²) >= 11 is 0. The van der Waals surface area contributed by atoms with Gasteiger partial charge < -0.3 is 14.2 Å². The zero-order valence-electron chi connectivity index (χ0n) is 17.2. The van der Waals surface area contributed by atoms with Crippen LogP contribution in [0.15, 0.2) is 24.4 Å². The van der Waals surface area contributed by atoms with E-state index in [0.717, 1.165) is 29.7 Å². The van der Waals surface area contributed by atoms with E-state index in [0.29, 0.717) is 49.2 Å². The molecule has 0 N–H and O–H groups in total. The van der Waals surface area contributed by atoms with Crippen LogP contribution in [0.1, 0.15) is 65.1 Å². The fraction of sp³-hybridized carbons (Fsp3) is 0.435. The van der Waals surface area contributed by atoms with Crippen LogP contribution < -0.4 is 4.74 Å². The van der Waals surface area contributed by atoms with Crippen LogP contribution in [0.3, 0.4) is 0 Å². The van der Waals surface area contributed by atoms with Crippen molar-refractivity contribution in [3.05, 3.63) is 58.4 Å². The number of methoxy groups -OCH3 is 1. The van der Waals surface area contributed by atoms with Gasteiger partial charge in [0, 0.05) is 29.7 Å². The first-order chi connectivity index (χ1) is 14.6. The molecule has 0 radical (unpaired) electrons. The highest BCUT2D eigenvalue weighted by Crippen LogP contribution is 2.39. The Morgan fingerprint density at radius 3 is 2.83 bits per heavy atom. The Kier molecular flexibility index (Phi) is 6.08. The molecule has 2 aromatic rings. The maximum absolute atomic E-state index is 14.6. The van der Waals surface area contributed by atoms with Gasteiger partial charge in [-0.3, -0.25) is 4.98 Å². The summed E-state index contributed by atoms with van der Waals surface area (Å²) in [6.45, 7) is 3.40. The van der Waals surface area contributed by atoms with E-state index in [4.69, 9.17) is 14.2 Å². The molecule has 30 heavy (non-hydrogen) atoms. The van der Waals surface area contributed by atoms with Crippen molar-refractivity contribution in [2.24, 2.45) is 0 Å². The summed E-state index contributed by atoms with van der Waals surface area (Å²) in [7, 11) is 1.32. The number of hydrogen-bond donors (Lipinski definition) is 0. The molecular formula is C23H25FN2O4. The molecule has 0 spiro atoms. The van der Waals surface area contributed by atoms with Gasteiger partial charge in [0.25, 0.3) is 0 Å². The molecule has 6 nitrogen and oxygen atoms in total. The lowest BCUT2D eigenvalue weighted by Gasteiger charge is -2.20. The van der Waals surface area contributed by atoms with E-state index >= 15 is 0 Å². The van der Waals surface area contributed by atoms with Gasteiger partial charge in [-0.2, -0.15) is 0 Å². The van der Waals surface area contributed by atoms with Crippen LogP contribution in [0.5, 0.6) is 5.75 Å².